The third kappa shape index (κ3) is 3.21. The first-order valence-electron chi connectivity index (χ1n) is 9.33. The SMILES string of the molecule is Cc1ccc(/C(O)=C2/C(=O)C(=O)N(c3ncccc3C)C2c2ccccc2)cc1. The Balaban J connectivity index is 1.96. The average molecular weight is 384 g/mol. The van der Waals surface area contributed by atoms with Gasteiger partial charge in [0.15, 0.2) is 0 Å². The summed E-state index contributed by atoms with van der Waals surface area (Å²) in [5.41, 5.74) is 3.09. The number of aryl methyl sites for hydroxylation is 2. The van der Waals surface area contributed by atoms with Crippen molar-refractivity contribution in [3.8, 4) is 0 Å². The largest absolute Gasteiger partial charge is 0.507 e. The normalized spacial score (nSPS) is 18.3. The highest BCUT2D eigenvalue weighted by molar-refractivity contribution is 6.51. The van der Waals surface area contributed by atoms with Gasteiger partial charge in [-0.1, -0.05) is 66.2 Å². The molecule has 1 atom stereocenters. The first-order valence-corrected chi connectivity index (χ1v) is 9.33. The van der Waals surface area contributed by atoms with E-state index in [1.807, 2.05) is 62.4 Å². The van der Waals surface area contributed by atoms with E-state index in [0.29, 0.717) is 11.4 Å². The van der Waals surface area contributed by atoms with Gasteiger partial charge in [0.05, 0.1) is 11.6 Å². The van der Waals surface area contributed by atoms with Crippen LogP contribution >= 0.6 is 0 Å². The lowest BCUT2D eigenvalue weighted by molar-refractivity contribution is -0.132. The minimum absolute atomic E-state index is 0.0649. The van der Waals surface area contributed by atoms with Gasteiger partial charge in [0.2, 0.25) is 0 Å². The molecule has 144 valence electrons. The Morgan fingerprint density at radius 3 is 2.28 bits per heavy atom. The van der Waals surface area contributed by atoms with Gasteiger partial charge in [-0.2, -0.15) is 0 Å². The molecule has 1 fully saturated rings. The van der Waals surface area contributed by atoms with E-state index in [9.17, 15) is 14.7 Å². The zero-order valence-corrected chi connectivity index (χ0v) is 16.2. The van der Waals surface area contributed by atoms with Crippen LogP contribution in [0.5, 0.6) is 0 Å². The number of amides is 1. The van der Waals surface area contributed by atoms with E-state index in [-0.39, 0.29) is 11.3 Å². The third-order valence-corrected chi connectivity index (χ3v) is 5.09. The highest BCUT2D eigenvalue weighted by Gasteiger charge is 2.47. The number of nitrogens with zero attached hydrogens (tertiary/aromatic N) is 2. The first-order chi connectivity index (χ1) is 14.0. The van der Waals surface area contributed by atoms with Crippen LogP contribution < -0.4 is 4.90 Å². The molecule has 4 rings (SSSR count). The van der Waals surface area contributed by atoms with Crippen molar-refractivity contribution in [1.82, 2.24) is 4.98 Å². The van der Waals surface area contributed by atoms with Crippen molar-refractivity contribution in [3.63, 3.8) is 0 Å². The summed E-state index contributed by atoms with van der Waals surface area (Å²) < 4.78 is 0. The maximum Gasteiger partial charge on any atom is 0.301 e. The Hall–Kier alpha value is -3.73. The highest BCUT2D eigenvalue weighted by Crippen LogP contribution is 2.42. The summed E-state index contributed by atoms with van der Waals surface area (Å²) in [6.07, 6.45) is 1.59. The number of anilines is 1. The molecule has 5 nitrogen and oxygen atoms in total. The molecule has 3 aromatic rings. The molecule has 1 saturated heterocycles. The second-order valence-electron chi connectivity index (χ2n) is 7.09. The summed E-state index contributed by atoms with van der Waals surface area (Å²) in [5, 5.41) is 11.0. The number of ketones is 1. The number of benzene rings is 2. The van der Waals surface area contributed by atoms with Crippen molar-refractivity contribution in [2.24, 2.45) is 0 Å². The zero-order valence-electron chi connectivity index (χ0n) is 16.2. The summed E-state index contributed by atoms with van der Waals surface area (Å²) in [6, 6.07) is 19.3. The van der Waals surface area contributed by atoms with Crippen molar-refractivity contribution >= 4 is 23.3 Å². The van der Waals surface area contributed by atoms with Gasteiger partial charge in [-0.15, -0.1) is 0 Å². The second-order valence-corrected chi connectivity index (χ2v) is 7.09. The molecule has 0 saturated carbocycles. The Bertz CT molecular complexity index is 1120. The van der Waals surface area contributed by atoms with Crippen LogP contribution in [-0.2, 0) is 9.59 Å². The molecule has 1 aromatic heterocycles. The van der Waals surface area contributed by atoms with Gasteiger partial charge in [0, 0.05) is 11.8 Å². The summed E-state index contributed by atoms with van der Waals surface area (Å²) in [4.78, 5) is 31.8. The third-order valence-electron chi connectivity index (χ3n) is 5.09. The van der Waals surface area contributed by atoms with Crippen molar-refractivity contribution < 1.29 is 14.7 Å². The van der Waals surface area contributed by atoms with Gasteiger partial charge < -0.3 is 5.11 Å². The maximum atomic E-state index is 13.0. The van der Waals surface area contributed by atoms with E-state index < -0.39 is 17.7 Å². The molecule has 1 N–H and O–H groups in total. The quantitative estimate of drug-likeness (QED) is 0.415. The predicted octanol–water partition coefficient (Wildman–Crippen LogP) is 4.32. The molecule has 1 unspecified atom stereocenters. The fraction of sp³-hybridized carbons (Fsp3) is 0.125. The Labute approximate surface area is 169 Å². The van der Waals surface area contributed by atoms with Gasteiger partial charge in [-0.3, -0.25) is 14.5 Å². The maximum absolute atomic E-state index is 13.0. The average Bonchev–Trinajstić information content (AvgIpc) is 3.00. The van der Waals surface area contributed by atoms with E-state index >= 15 is 0 Å². The number of aromatic nitrogens is 1. The number of Topliss-reactive ketones (excluding diaryl/α,β-unsaturated/α-hetero) is 1. The molecule has 1 aliphatic heterocycles. The molecular weight excluding hydrogens is 364 g/mol. The number of hydrogen-bond acceptors (Lipinski definition) is 4. The van der Waals surface area contributed by atoms with Crippen LogP contribution in [0.25, 0.3) is 5.76 Å². The highest BCUT2D eigenvalue weighted by atomic mass is 16.3. The molecule has 0 radical (unpaired) electrons. The Kier molecular flexibility index (Phi) is 4.72. The summed E-state index contributed by atoms with van der Waals surface area (Å²) in [7, 11) is 0. The lowest BCUT2D eigenvalue weighted by atomic mass is 9.95. The zero-order chi connectivity index (χ0) is 20.5. The molecule has 0 bridgehead atoms. The van der Waals surface area contributed by atoms with Gasteiger partial charge in [0.25, 0.3) is 5.78 Å². The number of carbonyl (C=O) groups is 2. The lowest BCUT2D eigenvalue weighted by Crippen LogP contribution is -2.30. The van der Waals surface area contributed by atoms with E-state index in [2.05, 4.69) is 4.98 Å². The van der Waals surface area contributed by atoms with E-state index in [0.717, 1.165) is 16.7 Å². The van der Waals surface area contributed by atoms with E-state index in [1.54, 1.807) is 24.4 Å². The van der Waals surface area contributed by atoms with Gasteiger partial charge in [0.1, 0.15) is 11.6 Å². The molecule has 29 heavy (non-hydrogen) atoms. The minimum Gasteiger partial charge on any atom is -0.507 e. The first kappa shape index (κ1) is 18.6. The van der Waals surface area contributed by atoms with E-state index in [4.69, 9.17) is 0 Å². The van der Waals surface area contributed by atoms with Crippen LogP contribution in [0.3, 0.4) is 0 Å². The molecule has 0 aliphatic carbocycles. The lowest BCUT2D eigenvalue weighted by Gasteiger charge is -2.25. The van der Waals surface area contributed by atoms with Crippen LogP contribution in [0.2, 0.25) is 0 Å². The number of rotatable bonds is 3. The second kappa shape index (κ2) is 7.36. The number of aliphatic hydroxyl groups excluding tert-OH is 1. The molecular formula is C24H20N2O3. The van der Waals surface area contributed by atoms with Crippen LogP contribution in [0, 0.1) is 13.8 Å². The van der Waals surface area contributed by atoms with E-state index in [1.165, 1.54) is 4.90 Å². The Morgan fingerprint density at radius 1 is 0.931 bits per heavy atom. The van der Waals surface area contributed by atoms with Crippen molar-refractivity contribution in [2.45, 2.75) is 19.9 Å². The molecule has 0 spiro atoms. The topological polar surface area (TPSA) is 70.5 Å². The van der Waals surface area contributed by atoms with Gasteiger partial charge >= 0.3 is 5.91 Å². The smallest absolute Gasteiger partial charge is 0.301 e. The standard InChI is InChI=1S/C24H20N2O3/c1-15-10-12-18(13-11-15)21(27)19-20(17-8-4-3-5-9-17)26(24(29)22(19)28)23-16(2)7-6-14-25-23/h3-14,20,27H,1-2H3/b21-19-. The van der Waals surface area contributed by atoms with Gasteiger partial charge in [-0.25, -0.2) is 4.98 Å². The fourth-order valence-corrected chi connectivity index (χ4v) is 3.60. The number of pyridine rings is 1. The molecule has 1 amide bonds. The summed E-state index contributed by atoms with van der Waals surface area (Å²) in [6.45, 7) is 3.78. The summed E-state index contributed by atoms with van der Waals surface area (Å²) in [5.74, 6) is -1.20. The Morgan fingerprint density at radius 2 is 1.62 bits per heavy atom. The van der Waals surface area contributed by atoms with Crippen molar-refractivity contribution in [2.75, 3.05) is 4.90 Å². The molecule has 1 aliphatic rings. The molecule has 5 heteroatoms. The molecule has 2 aromatic carbocycles. The van der Waals surface area contributed by atoms with Crippen molar-refractivity contribution in [1.29, 1.82) is 0 Å². The van der Waals surface area contributed by atoms with Crippen LogP contribution in [0.4, 0.5) is 5.82 Å². The van der Waals surface area contributed by atoms with Crippen LogP contribution in [0.15, 0.2) is 78.5 Å². The van der Waals surface area contributed by atoms with Gasteiger partial charge in [-0.05, 0) is 31.0 Å². The number of hydrogen-bond donors (Lipinski definition) is 1. The summed E-state index contributed by atoms with van der Waals surface area (Å²) >= 11 is 0. The minimum atomic E-state index is -0.758. The fourth-order valence-electron chi connectivity index (χ4n) is 3.60. The van der Waals surface area contributed by atoms with Crippen LogP contribution in [-0.4, -0.2) is 21.8 Å². The predicted molar refractivity (Wildman–Crippen MR) is 111 cm³/mol. The molecule has 2 heterocycles. The van der Waals surface area contributed by atoms with Crippen LogP contribution in [0.1, 0.15) is 28.3 Å². The van der Waals surface area contributed by atoms with Crippen molar-refractivity contribution in [3.05, 3.63) is 101 Å². The monoisotopic (exact) mass is 384 g/mol. The number of aliphatic hydroxyl groups is 1. The number of carbonyl (C=O) groups excluding carboxylic acids is 2.